The molecule has 0 spiro atoms. The number of fused-ring (bicyclic) bond motifs is 1. The van der Waals surface area contributed by atoms with E-state index in [9.17, 15) is 13.2 Å². The van der Waals surface area contributed by atoms with Crippen LogP contribution in [0.5, 0.6) is 0 Å². The quantitative estimate of drug-likeness (QED) is 0.309. The maximum absolute atomic E-state index is 14.1. The van der Waals surface area contributed by atoms with E-state index in [0.29, 0.717) is 48.6 Å². The molecule has 1 saturated heterocycles. The first-order valence-corrected chi connectivity index (χ1v) is 13.2. The fraction of sp³-hybridized carbons (Fsp3) is 0.276. The molecule has 1 atom stereocenters. The number of aromatic nitrogens is 6. The van der Waals surface area contributed by atoms with Crippen molar-refractivity contribution < 1.29 is 13.2 Å². The number of hydrogen-bond donors (Lipinski definition) is 2. The predicted octanol–water partition coefficient (Wildman–Crippen LogP) is 4.62. The van der Waals surface area contributed by atoms with Crippen LogP contribution in [0.2, 0.25) is 0 Å². The standard InChI is InChI=1S/C29H28F3N9/c1-28(31,32)23-4-2-5-24(39-23)29(34)10-3-11-40(15-29)22-13-35-21(18-6-8-20(30)9-7-18)12-19(22)14-41-17-38-25-26(33)36-16-37-27(25)41/h2,4-9,12-13,16-17H,3,10-11,14-15,34H2,1H3,(H2,33,36,37)/t29-/m1/s1. The number of halogens is 3. The summed E-state index contributed by atoms with van der Waals surface area (Å²) in [6.45, 7) is 2.24. The lowest BCUT2D eigenvalue weighted by molar-refractivity contribution is 0.0123. The molecule has 12 heteroatoms. The van der Waals surface area contributed by atoms with Gasteiger partial charge in [-0.15, -0.1) is 0 Å². The van der Waals surface area contributed by atoms with Crippen molar-refractivity contribution in [1.82, 2.24) is 29.5 Å². The molecule has 4 aromatic heterocycles. The molecule has 1 aliphatic rings. The van der Waals surface area contributed by atoms with E-state index in [1.54, 1.807) is 36.8 Å². The van der Waals surface area contributed by atoms with Crippen molar-refractivity contribution in [1.29, 1.82) is 0 Å². The van der Waals surface area contributed by atoms with Crippen molar-refractivity contribution in [2.45, 2.75) is 37.8 Å². The van der Waals surface area contributed by atoms with Crippen LogP contribution in [0.3, 0.4) is 0 Å². The molecule has 0 amide bonds. The topological polar surface area (TPSA) is 125 Å². The molecule has 0 saturated carbocycles. The van der Waals surface area contributed by atoms with Crippen LogP contribution >= 0.6 is 0 Å². The average Bonchev–Trinajstić information content (AvgIpc) is 3.37. The van der Waals surface area contributed by atoms with Crippen molar-refractivity contribution in [3.05, 3.63) is 90.2 Å². The van der Waals surface area contributed by atoms with Crippen molar-refractivity contribution in [3.63, 3.8) is 0 Å². The van der Waals surface area contributed by atoms with Gasteiger partial charge in [-0.25, -0.2) is 24.3 Å². The zero-order chi connectivity index (χ0) is 28.8. The van der Waals surface area contributed by atoms with Crippen LogP contribution in [0.4, 0.5) is 24.7 Å². The summed E-state index contributed by atoms with van der Waals surface area (Å²) in [4.78, 5) is 23.9. The maximum atomic E-state index is 14.1. The van der Waals surface area contributed by atoms with E-state index in [1.807, 2.05) is 10.6 Å². The normalized spacial score (nSPS) is 17.7. The Balaban J connectivity index is 1.40. The molecule has 5 aromatic rings. The monoisotopic (exact) mass is 559 g/mol. The minimum Gasteiger partial charge on any atom is -0.382 e. The summed E-state index contributed by atoms with van der Waals surface area (Å²) < 4.78 is 43.6. The highest BCUT2D eigenvalue weighted by molar-refractivity contribution is 5.81. The highest BCUT2D eigenvalue weighted by Crippen LogP contribution is 2.35. The van der Waals surface area contributed by atoms with Crippen LogP contribution in [0.15, 0.2) is 67.4 Å². The second-order valence-electron chi connectivity index (χ2n) is 10.5. The highest BCUT2D eigenvalue weighted by atomic mass is 19.3. The first-order valence-electron chi connectivity index (χ1n) is 13.2. The third-order valence-electron chi connectivity index (χ3n) is 7.45. The summed E-state index contributed by atoms with van der Waals surface area (Å²) in [7, 11) is 0. The Bertz CT molecular complexity index is 1720. The fourth-order valence-corrected chi connectivity index (χ4v) is 5.33. The van der Waals surface area contributed by atoms with Gasteiger partial charge >= 0.3 is 0 Å². The largest absolute Gasteiger partial charge is 0.382 e. The third-order valence-corrected chi connectivity index (χ3v) is 7.45. The van der Waals surface area contributed by atoms with Crippen LogP contribution in [-0.4, -0.2) is 42.6 Å². The van der Waals surface area contributed by atoms with Gasteiger partial charge in [0.15, 0.2) is 11.5 Å². The lowest BCUT2D eigenvalue weighted by Crippen LogP contribution is -2.52. The van der Waals surface area contributed by atoms with Gasteiger partial charge in [-0.1, -0.05) is 6.07 Å². The molecule has 9 nitrogen and oxygen atoms in total. The van der Waals surface area contributed by atoms with Gasteiger partial charge in [0.2, 0.25) is 0 Å². The van der Waals surface area contributed by atoms with Crippen LogP contribution in [0.1, 0.15) is 36.7 Å². The van der Waals surface area contributed by atoms with Crippen LogP contribution < -0.4 is 16.4 Å². The van der Waals surface area contributed by atoms with Gasteiger partial charge in [0.05, 0.1) is 41.7 Å². The fourth-order valence-electron chi connectivity index (χ4n) is 5.33. The number of benzene rings is 1. The van der Waals surface area contributed by atoms with Crippen LogP contribution in [0, 0.1) is 5.82 Å². The number of pyridine rings is 2. The van der Waals surface area contributed by atoms with Crippen LogP contribution in [0.25, 0.3) is 22.4 Å². The lowest BCUT2D eigenvalue weighted by Gasteiger charge is -2.41. The molecule has 0 aliphatic carbocycles. The Labute approximate surface area is 234 Å². The Morgan fingerprint density at radius 2 is 1.85 bits per heavy atom. The van der Waals surface area contributed by atoms with E-state index < -0.39 is 11.5 Å². The highest BCUT2D eigenvalue weighted by Gasteiger charge is 2.37. The van der Waals surface area contributed by atoms with Crippen molar-refractivity contribution in [3.8, 4) is 11.3 Å². The summed E-state index contributed by atoms with van der Waals surface area (Å²) >= 11 is 0. The molecule has 0 radical (unpaired) electrons. The van der Waals surface area contributed by atoms with E-state index in [1.165, 1.54) is 24.5 Å². The molecule has 41 heavy (non-hydrogen) atoms. The van der Waals surface area contributed by atoms with Gasteiger partial charge in [-0.05, 0) is 60.9 Å². The molecule has 5 heterocycles. The Hall–Kier alpha value is -4.58. The number of alkyl halides is 2. The van der Waals surface area contributed by atoms with Crippen molar-refractivity contribution >= 4 is 22.7 Å². The summed E-state index contributed by atoms with van der Waals surface area (Å²) in [6.07, 6.45) is 6.13. The molecule has 4 N–H and O–H groups in total. The lowest BCUT2D eigenvalue weighted by atomic mass is 9.85. The number of rotatable bonds is 6. The van der Waals surface area contributed by atoms with Gasteiger partial charge in [0.1, 0.15) is 23.4 Å². The second kappa shape index (κ2) is 10.1. The molecule has 210 valence electrons. The SMILES string of the molecule is CC(F)(F)c1cccc([C@@]2(N)CCCN(c3cnc(-c4ccc(F)cc4)cc3Cn3cnc4c(N)ncnc43)C2)n1. The molecular weight excluding hydrogens is 531 g/mol. The van der Waals surface area contributed by atoms with Crippen molar-refractivity contribution in [2.24, 2.45) is 5.73 Å². The van der Waals surface area contributed by atoms with Gasteiger partial charge in [-0.2, -0.15) is 8.78 Å². The first kappa shape index (κ1) is 26.6. The van der Waals surface area contributed by atoms with E-state index in [2.05, 4.69) is 24.8 Å². The van der Waals surface area contributed by atoms with E-state index >= 15 is 0 Å². The Morgan fingerprint density at radius 1 is 1.05 bits per heavy atom. The minimum atomic E-state index is -3.07. The Kier molecular flexibility index (Phi) is 6.57. The number of nitrogens with zero attached hydrogens (tertiary/aromatic N) is 7. The zero-order valence-electron chi connectivity index (χ0n) is 22.3. The van der Waals surface area contributed by atoms with Crippen molar-refractivity contribution in [2.75, 3.05) is 23.7 Å². The van der Waals surface area contributed by atoms with Gasteiger partial charge < -0.3 is 20.9 Å². The van der Waals surface area contributed by atoms with Gasteiger partial charge in [-0.3, -0.25) is 4.98 Å². The molecule has 6 rings (SSSR count). The van der Waals surface area contributed by atoms with Crippen LogP contribution in [-0.2, 0) is 18.0 Å². The Morgan fingerprint density at radius 3 is 2.63 bits per heavy atom. The molecule has 1 fully saturated rings. The summed E-state index contributed by atoms with van der Waals surface area (Å²) in [5.74, 6) is -3.12. The van der Waals surface area contributed by atoms with E-state index in [4.69, 9.17) is 16.5 Å². The molecular formula is C29H28F3N9. The molecule has 0 bridgehead atoms. The van der Waals surface area contributed by atoms with Gasteiger partial charge in [0.25, 0.3) is 5.92 Å². The number of imidazole rings is 1. The number of nitrogen functional groups attached to an aromatic ring is 1. The molecule has 1 aliphatic heterocycles. The summed E-state index contributed by atoms with van der Waals surface area (Å²) in [6, 6.07) is 12.7. The number of anilines is 2. The number of piperidine rings is 1. The summed E-state index contributed by atoms with van der Waals surface area (Å²) in [5, 5.41) is 0. The van der Waals surface area contributed by atoms with E-state index in [-0.39, 0.29) is 17.3 Å². The maximum Gasteiger partial charge on any atom is 0.286 e. The second-order valence-corrected chi connectivity index (χ2v) is 10.5. The molecule has 0 unspecified atom stereocenters. The smallest absolute Gasteiger partial charge is 0.286 e. The minimum absolute atomic E-state index is 0.284. The third kappa shape index (κ3) is 5.18. The van der Waals surface area contributed by atoms with Gasteiger partial charge in [0, 0.05) is 25.6 Å². The number of nitrogens with two attached hydrogens (primary N) is 2. The van der Waals surface area contributed by atoms with E-state index in [0.717, 1.165) is 30.2 Å². The first-order chi connectivity index (χ1) is 19.6. The zero-order valence-corrected chi connectivity index (χ0v) is 22.3. The molecule has 1 aromatic carbocycles. The predicted molar refractivity (Wildman–Crippen MR) is 150 cm³/mol. The number of hydrogen-bond acceptors (Lipinski definition) is 8. The summed E-state index contributed by atoms with van der Waals surface area (Å²) in [5.41, 5.74) is 16.3. The average molecular weight is 560 g/mol.